The maximum absolute atomic E-state index is 5.43. The molecule has 0 unspecified atom stereocenters. The Bertz CT molecular complexity index is 277. The number of unbranched alkanes of at least 4 members (excludes halogenated alkanes) is 3. The molecule has 0 spiro atoms. The molecule has 1 rings (SSSR count). The van der Waals surface area contributed by atoms with Crippen molar-refractivity contribution < 1.29 is 0 Å². The van der Waals surface area contributed by atoms with Crippen LogP contribution in [0.4, 0.5) is 0 Å². The van der Waals surface area contributed by atoms with Gasteiger partial charge in [0.1, 0.15) is 0 Å². The van der Waals surface area contributed by atoms with Gasteiger partial charge in [-0.1, -0.05) is 42.5 Å². The molecule has 16 heavy (non-hydrogen) atoms. The van der Waals surface area contributed by atoms with Gasteiger partial charge in [0.25, 0.3) is 0 Å². The molecule has 1 nitrogen and oxygen atoms in total. The Morgan fingerprint density at radius 1 is 0.875 bits per heavy atom. The molecule has 0 amide bonds. The summed E-state index contributed by atoms with van der Waals surface area (Å²) in [5, 5.41) is 0. The summed E-state index contributed by atoms with van der Waals surface area (Å²) in [5.74, 6) is 0. The molecule has 0 aromatic heterocycles. The van der Waals surface area contributed by atoms with E-state index in [1.807, 2.05) is 0 Å². The first kappa shape index (κ1) is 13.0. The topological polar surface area (TPSA) is 26.0 Å². The van der Waals surface area contributed by atoms with Gasteiger partial charge in [-0.25, -0.2) is 0 Å². The Labute approximate surface area is 99.4 Å². The van der Waals surface area contributed by atoms with Crippen molar-refractivity contribution in [2.24, 2.45) is 5.73 Å². The van der Waals surface area contributed by atoms with E-state index >= 15 is 0 Å². The molecule has 0 saturated heterocycles. The lowest BCUT2D eigenvalue weighted by Gasteiger charge is -1.98. The molecule has 0 aliphatic rings. The predicted octanol–water partition coefficient (Wildman–Crippen LogP) is 3.69. The van der Waals surface area contributed by atoms with E-state index in [9.17, 15) is 0 Å². The molecule has 1 heteroatoms. The van der Waals surface area contributed by atoms with Crippen molar-refractivity contribution in [3.8, 4) is 0 Å². The van der Waals surface area contributed by atoms with Gasteiger partial charge in [-0.05, 0) is 50.6 Å². The van der Waals surface area contributed by atoms with Gasteiger partial charge in [0.05, 0.1) is 0 Å². The van der Waals surface area contributed by atoms with Crippen LogP contribution in [0.1, 0.15) is 37.7 Å². The number of rotatable bonds is 8. The minimum atomic E-state index is 0.821. The van der Waals surface area contributed by atoms with E-state index in [0.717, 1.165) is 13.0 Å². The molecule has 0 aliphatic heterocycles. The van der Waals surface area contributed by atoms with E-state index in [4.69, 9.17) is 5.73 Å². The summed E-state index contributed by atoms with van der Waals surface area (Å²) in [7, 11) is 0. The van der Waals surface area contributed by atoms with Crippen LogP contribution in [0, 0.1) is 0 Å². The molecule has 1 aromatic rings. The number of allylic oxidation sites excluding steroid dienone is 2. The highest BCUT2D eigenvalue weighted by Crippen LogP contribution is 2.05. The van der Waals surface area contributed by atoms with Crippen LogP contribution in [0.5, 0.6) is 0 Å². The first-order valence-corrected chi connectivity index (χ1v) is 6.32. The molecule has 1 aromatic carbocycles. The summed E-state index contributed by atoms with van der Waals surface area (Å²) in [4.78, 5) is 0. The molecule has 0 fully saturated rings. The molecular weight excluding hydrogens is 194 g/mol. The van der Waals surface area contributed by atoms with Crippen LogP contribution >= 0.6 is 0 Å². The second-order valence-corrected chi connectivity index (χ2v) is 4.13. The van der Waals surface area contributed by atoms with Gasteiger partial charge in [0, 0.05) is 0 Å². The zero-order valence-electron chi connectivity index (χ0n) is 10.1. The van der Waals surface area contributed by atoms with Gasteiger partial charge in [-0.15, -0.1) is 0 Å². The van der Waals surface area contributed by atoms with Crippen LogP contribution in [0.15, 0.2) is 42.5 Å². The lowest BCUT2D eigenvalue weighted by atomic mass is 10.1. The van der Waals surface area contributed by atoms with Gasteiger partial charge in [-0.2, -0.15) is 0 Å². The van der Waals surface area contributed by atoms with E-state index in [-0.39, 0.29) is 0 Å². The van der Waals surface area contributed by atoms with Crippen molar-refractivity contribution in [3.05, 3.63) is 48.0 Å². The number of hydrogen-bond acceptors (Lipinski definition) is 1. The minimum absolute atomic E-state index is 0.821. The van der Waals surface area contributed by atoms with E-state index in [2.05, 4.69) is 42.5 Å². The summed E-state index contributed by atoms with van der Waals surface area (Å²) in [6.45, 7) is 0.821. The van der Waals surface area contributed by atoms with Crippen LogP contribution in [-0.2, 0) is 6.42 Å². The standard InChI is InChI=1S/C15H23N/c16-14-10-5-3-1-2-4-7-11-15-12-8-6-9-13-15/h1-2,6,8-9,12-13H,3-5,7,10-11,14,16H2/b2-1-. The van der Waals surface area contributed by atoms with Gasteiger partial charge < -0.3 is 5.73 Å². The molecular formula is C15H23N. The first-order chi connectivity index (χ1) is 7.93. The average Bonchev–Trinajstić information content (AvgIpc) is 2.34. The zero-order chi connectivity index (χ0) is 11.5. The highest BCUT2D eigenvalue weighted by Gasteiger charge is 1.89. The van der Waals surface area contributed by atoms with Crippen LogP contribution < -0.4 is 5.73 Å². The number of benzene rings is 1. The summed E-state index contributed by atoms with van der Waals surface area (Å²) in [6, 6.07) is 10.7. The van der Waals surface area contributed by atoms with Crippen molar-refractivity contribution in [3.63, 3.8) is 0 Å². The molecule has 0 aliphatic carbocycles. The molecule has 0 atom stereocenters. The van der Waals surface area contributed by atoms with Crippen molar-refractivity contribution in [2.45, 2.75) is 38.5 Å². The largest absolute Gasteiger partial charge is 0.330 e. The number of hydrogen-bond donors (Lipinski definition) is 1. The van der Waals surface area contributed by atoms with Crippen molar-refractivity contribution >= 4 is 0 Å². The summed E-state index contributed by atoms with van der Waals surface area (Å²) >= 11 is 0. The van der Waals surface area contributed by atoms with Crippen LogP contribution in [0.3, 0.4) is 0 Å². The van der Waals surface area contributed by atoms with Crippen molar-refractivity contribution in [1.82, 2.24) is 0 Å². The van der Waals surface area contributed by atoms with Crippen LogP contribution in [0.2, 0.25) is 0 Å². The van der Waals surface area contributed by atoms with Crippen LogP contribution in [-0.4, -0.2) is 6.54 Å². The lowest BCUT2D eigenvalue weighted by molar-refractivity contribution is 0.754. The van der Waals surface area contributed by atoms with Gasteiger partial charge in [0.15, 0.2) is 0 Å². The van der Waals surface area contributed by atoms with E-state index in [0.29, 0.717) is 0 Å². The summed E-state index contributed by atoms with van der Waals surface area (Å²) in [6.07, 6.45) is 11.8. The molecule has 0 radical (unpaired) electrons. The van der Waals surface area contributed by atoms with Crippen molar-refractivity contribution in [2.75, 3.05) is 6.54 Å². The fourth-order valence-electron chi connectivity index (χ4n) is 1.71. The first-order valence-electron chi connectivity index (χ1n) is 6.32. The second-order valence-electron chi connectivity index (χ2n) is 4.13. The zero-order valence-corrected chi connectivity index (χ0v) is 10.1. The van der Waals surface area contributed by atoms with Gasteiger partial charge in [-0.3, -0.25) is 0 Å². The predicted molar refractivity (Wildman–Crippen MR) is 71.4 cm³/mol. The third-order valence-corrected chi connectivity index (χ3v) is 2.67. The SMILES string of the molecule is NCCCC/C=C\CCCc1ccccc1. The fraction of sp³-hybridized carbons (Fsp3) is 0.467. The summed E-state index contributed by atoms with van der Waals surface area (Å²) < 4.78 is 0. The molecule has 2 N–H and O–H groups in total. The maximum atomic E-state index is 5.43. The molecule has 88 valence electrons. The highest BCUT2D eigenvalue weighted by molar-refractivity contribution is 5.14. The smallest absolute Gasteiger partial charge is 0.00772 e. The molecule has 0 bridgehead atoms. The third kappa shape index (κ3) is 6.41. The third-order valence-electron chi connectivity index (χ3n) is 2.67. The second kappa shape index (κ2) is 9.17. The lowest BCUT2D eigenvalue weighted by Crippen LogP contribution is -1.96. The molecule has 0 heterocycles. The van der Waals surface area contributed by atoms with E-state index < -0.39 is 0 Å². The monoisotopic (exact) mass is 217 g/mol. The summed E-state index contributed by atoms with van der Waals surface area (Å²) in [5.41, 5.74) is 6.87. The average molecular weight is 217 g/mol. The Balaban J connectivity index is 1.99. The number of nitrogens with two attached hydrogens (primary N) is 1. The van der Waals surface area contributed by atoms with E-state index in [1.165, 1.54) is 37.7 Å². The quantitative estimate of drug-likeness (QED) is 0.521. The normalized spacial score (nSPS) is 11.1. The van der Waals surface area contributed by atoms with Gasteiger partial charge in [0.2, 0.25) is 0 Å². The highest BCUT2D eigenvalue weighted by atomic mass is 14.5. The minimum Gasteiger partial charge on any atom is -0.330 e. The Morgan fingerprint density at radius 2 is 1.56 bits per heavy atom. The van der Waals surface area contributed by atoms with Crippen LogP contribution in [0.25, 0.3) is 0 Å². The van der Waals surface area contributed by atoms with Crippen molar-refractivity contribution in [1.29, 1.82) is 0 Å². The Kier molecular flexibility index (Phi) is 7.44. The Morgan fingerprint density at radius 3 is 2.25 bits per heavy atom. The van der Waals surface area contributed by atoms with E-state index in [1.54, 1.807) is 0 Å². The number of aryl methyl sites for hydroxylation is 1. The molecule has 0 saturated carbocycles. The van der Waals surface area contributed by atoms with Gasteiger partial charge >= 0.3 is 0 Å². The maximum Gasteiger partial charge on any atom is -0.00772 e. The Hall–Kier alpha value is -1.08. The fourth-order valence-corrected chi connectivity index (χ4v) is 1.71.